The van der Waals surface area contributed by atoms with E-state index in [0.717, 1.165) is 18.4 Å². The van der Waals surface area contributed by atoms with Crippen molar-refractivity contribution in [3.63, 3.8) is 0 Å². The number of aliphatic hydroxyl groups excluding tert-OH is 1. The molecule has 0 spiro atoms. The van der Waals surface area contributed by atoms with Crippen LogP contribution in [0, 0.1) is 0 Å². The molecule has 0 unspecified atom stereocenters. The number of hydrogen-bond donors (Lipinski definition) is 2. The minimum absolute atomic E-state index is 0.0194. The standard InChI is InChI=1S/C33H58O11/c1-2-3-4-5-6-7-8-9-10-30-11-12-32(31(29-30)33(35)36)44-28-27-43-26-25-42-24-23-41-22-21-40-20-19-39-18-17-38-16-15-37-14-13-34/h11-12,29,34H,2-10,13-28H2,1H3,(H,35,36). The van der Waals surface area contributed by atoms with Crippen molar-refractivity contribution in [1.29, 1.82) is 0 Å². The Bertz CT molecular complexity index is 778. The molecule has 0 saturated carbocycles. The molecule has 0 heterocycles. The lowest BCUT2D eigenvalue weighted by molar-refractivity contribution is -0.0221. The smallest absolute Gasteiger partial charge is 0.339 e. The number of hydrogen-bond acceptors (Lipinski definition) is 10. The van der Waals surface area contributed by atoms with E-state index in [4.69, 9.17) is 43.0 Å². The van der Waals surface area contributed by atoms with Gasteiger partial charge in [0.2, 0.25) is 0 Å². The Kier molecular flexibility index (Phi) is 28.5. The third-order valence-electron chi connectivity index (χ3n) is 6.55. The molecule has 256 valence electrons. The molecule has 0 amide bonds. The Balaban J connectivity index is 1.93. The Morgan fingerprint density at radius 1 is 0.568 bits per heavy atom. The molecule has 0 aliphatic rings. The molecule has 2 N–H and O–H groups in total. The van der Waals surface area contributed by atoms with Gasteiger partial charge < -0.3 is 48.1 Å². The summed E-state index contributed by atoms with van der Waals surface area (Å²) in [5.41, 5.74) is 1.23. The molecule has 0 saturated heterocycles. The molecule has 1 rings (SSSR count). The molecular weight excluding hydrogens is 572 g/mol. The highest BCUT2D eigenvalue weighted by Crippen LogP contribution is 2.22. The van der Waals surface area contributed by atoms with Gasteiger partial charge in [0, 0.05) is 0 Å². The molecule has 0 aliphatic carbocycles. The van der Waals surface area contributed by atoms with E-state index in [1.807, 2.05) is 6.07 Å². The van der Waals surface area contributed by atoms with Crippen LogP contribution >= 0.6 is 0 Å². The summed E-state index contributed by atoms with van der Waals surface area (Å²) in [5.74, 6) is -0.612. The lowest BCUT2D eigenvalue weighted by Crippen LogP contribution is -2.15. The summed E-state index contributed by atoms with van der Waals surface area (Å²) in [6.45, 7) is 8.83. The van der Waals surface area contributed by atoms with Crippen LogP contribution in [0.15, 0.2) is 18.2 Å². The third kappa shape index (κ3) is 24.5. The predicted octanol–water partition coefficient (Wildman–Crippen LogP) is 4.56. The maximum absolute atomic E-state index is 11.7. The van der Waals surface area contributed by atoms with Gasteiger partial charge in [-0.05, 0) is 30.5 Å². The number of carbonyl (C=O) groups is 1. The van der Waals surface area contributed by atoms with E-state index < -0.39 is 5.97 Å². The van der Waals surface area contributed by atoms with Crippen LogP contribution in [-0.4, -0.2) is 122 Å². The number of aliphatic hydroxyl groups is 1. The number of carboxylic acids is 1. The molecule has 0 atom stereocenters. The zero-order valence-corrected chi connectivity index (χ0v) is 27.0. The van der Waals surface area contributed by atoms with Gasteiger partial charge in [0.1, 0.15) is 17.9 Å². The number of rotatable bonds is 34. The van der Waals surface area contributed by atoms with Crippen molar-refractivity contribution in [3.05, 3.63) is 29.3 Å². The quantitative estimate of drug-likeness (QED) is 0.104. The lowest BCUT2D eigenvalue weighted by atomic mass is 10.0. The molecule has 1 aromatic rings. The first kappa shape index (κ1) is 40.2. The molecule has 0 bridgehead atoms. The maximum Gasteiger partial charge on any atom is 0.339 e. The fraction of sp³-hybridized carbons (Fsp3) is 0.788. The second kappa shape index (κ2) is 31.2. The first-order valence-corrected chi connectivity index (χ1v) is 16.3. The first-order chi connectivity index (χ1) is 21.7. The number of benzene rings is 1. The fourth-order valence-electron chi connectivity index (χ4n) is 4.19. The summed E-state index contributed by atoms with van der Waals surface area (Å²) in [6.07, 6.45) is 10.9. The minimum Gasteiger partial charge on any atom is -0.490 e. The van der Waals surface area contributed by atoms with Gasteiger partial charge in [0.15, 0.2) is 0 Å². The SMILES string of the molecule is CCCCCCCCCCc1ccc(OCCOCCOCCOCCOCCOCCOCCOCCO)c(C(=O)O)c1. The molecule has 44 heavy (non-hydrogen) atoms. The van der Waals surface area contributed by atoms with Crippen molar-refractivity contribution in [2.45, 2.75) is 64.7 Å². The van der Waals surface area contributed by atoms with Crippen molar-refractivity contribution in [1.82, 2.24) is 0 Å². The molecule has 0 aromatic heterocycles. The van der Waals surface area contributed by atoms with E-state index in [9.17, 15) is 9.90 Å². The monoisotopic (exact) mass is 630 g/mol. The van der Waals surface area contributed by atoms with E-state index in [0.29, 0.717) is 98.2 Å². The Hall–Kier alpha value is -1.83. The van der Waals surface area contributed by atoms with Gasteiger partial charge in [0.05, 0.1) is 99.1 Å². The van der Waals surface area contributed by atoms with E-state index in [1.165, 1.54) is 44.9 Å². The van der Waals surface area contributed by atoms with E-state index >= 15 is 0 Å². The number of aryl methyl sites for hydroxylation is 1. The van der Waals surface area contributed by atoms with Crippen LogP contribution in [0.2, 0.25) is 0 Å². The van der Waals surface area contributed by atoms with E-state index in [2.05, 4.69) is 6.92 Å². The van der Waals surface area contributed by atoms with Crippen LogP contribution in [-0.2, 0) is 39.6 Å². The van der Waals surface area contributed by atoms with Crippen LogP contribution in [0.25, 0.3) is 0 Å². The van der Waals surface area contributed by atoms with Crippen molar-refractivity contribution >= 4 is 5.97 Å². The number of unbranched alkanes of at least 4 members (excludes halogenated alkanes) is 7. The zero-order valence-electron chi connectivity index (χ0n) is 27.0. The van der Waals surface area contributed by atoms with Crippen LogP contribution in [0.1, 0.15) is 74.2 Å². The predicted molar refractivity (Wildman–Crippen MR) is 168 cm³/mol. The number of carboxylic acid groups (broad SMARTS) is 1. The highest BCUT2D eigenvalue weighted by Gasteiger charge is 2.12. The molecular formula is C33H58O11. The fourth-order valence-corrected chi connectivity index (χ4v) is 4.19. The number of aromatic carboxylic acids is 1. The average molecular weight is 631 g/mol. The highest BCUT2D eigenvalue weighted by atomic mass is 16.6. The maximum atomic E-state index is 11.7. The van der Waals surface area contributed by atoms with Crippen LogP contribution in [0.4, 0.5) is 0 Å². The van der Waals surface area contributed by atoms with Gasteiger partial charge >= 0.3 is 5.97 Å². The summed E-state index contributed by atoms with van der Waals surface area (Å²) >= 11 is 0. The van der Waals surface area contributed by atoms with Gasteiger partial charge in [-0.3, -0.25) is 0 Å². The van der Waals surface area contributed by atoms with Crippen molar-refractivity contribution in [2.24, 2.45) is 0 Å². The van der Waals surface area contributed by atoms with Crippen molar-refractivity contribution < 1.29 is 52.9 Å². The summed E-state index contributed by atoms with van der Waals surface area (Å²) in [4.78, 5) is 11.7. The largest absolute Gasteiger partial charge is 0.490 e. The molecule has 0 aliphatic heterocycles. The minimum atomic E-state index is -0.981. The normalized spacial score (nSPS) is 11.3. The second-order valence-corrected chi connectivity index (χ2v) is 10.2. The first-order valence-electron chi connectivity index (χ1n) is 16.3. The number of ether oxygens (including phenoxy) is 8. The van der Waals surface area contributed by atoms with Gasteiger partial charge in [-0.1, -0.05) is 57.9 Å². The third-order valence-corrected chi connectivity index (χ3v) is 6.55. The van der Waals surface area contributed by atoms with E-state index in [-0.39, 0.29) is 18.8 Å². The summed E-state index contributed by atoms with van der Waals surface area (Å²) < 4.78 is 43.4. The molecule has 1 aromatic carbocycles. The summed E-state index contributed by atoms with van der Waals surface area (Å²) in [6, 6.07) is 5.45. The topological polar surface area (TPSA) is 131 Å². The highest BCUT2D eigenvalue weighted by molar-refractivity contribution is 5.91. The Morgan fingerprint density at radius 3 is 1.41 bits per heavy atom. The summed E-state index contributed by atoms with van der Waals surface area (Å²) in [5, 5.41) is 18.2. The van der Waals surface area contributed by atoms with Gasteiger partial charge in [-0.2, -0.15) is 0 Å². The summed E-state index contributed by atoms with van der Waals surface area (Å²) in [7, 11) is 0. The molecule has 11 heteroatoms. The van der Waals surface area contributed by atoms with Crippen molar-refractivity contribution in [2.75, 3.05) is 106 Å². The second-order valence-electron chi connectivity index (χ2n) is 10.2. The van der Waals surface area contributed by atoms with Crippen LogP contribution < -0.4 is 4.74 Å². The zero-order chi connectivity index (χ0) is 31.8. The van der Waals surface area contributed by atoms with Crippen LogP contribution in [0.3, 0.4) is 0 Å². The van der Waals surface area contributed by atoms with Crippen LogP contribution in [0.5, 0.6) is 5.75 Å². The Morgan fingerprint density at radius 2 is 0.977 bits per heavy atom. The molecule has 0 fully saturated rings. The van der Waals surface area contributed by atoms with E-state index in [1.54, 1.807) is 12.1 Å². The lowest BCUT2D eigenvalue weighted by Gasteiger charge is -2.12. The van der Waals surface area contributed by atoms with Crippen molar-refractivity contribution in [3.8, 4) is 5.75 Å². The average Bonchev–Trinajstić information content (AvgIpc) is 3.03. The van der Waals surface area contributed by atoms with Gasteiger partial charge in [-0.25, -0.2) is 4.79 Å². The Labute approximate surface area is 264 Å². The molecule has 11 nitrogen and oxygen atoms in total. The van der Waals surface area contributed by atoms with Gasteiger partial charge in [-0.15, -0.1) is 0 Å². The van der Waals surface area contributed by atoms with Gasteiger partial charge in [0.25, 0.3) is 0 Å². The molecule has 0 radical (unpaired) electrons.